The van der Waals surface area contributed by atoms with Crippen LogP contribution in [0.4, 0.5) is 10.5 Å². The van der Waals surface area contributed by atoms with Crippen molar-refractivity contribution in [1.82, 2.24) is 14.5 Å². The average molecular weight is 505 g/mol. The van der Waals surface area contributed by atoms with Gasteiger partial charge >= 0.3 is 6.03 Å². The van der Waals surface area contributed by atoms with E-state index in [4.69, 9.17) is 9.72 Å². The Labute approximate surface area is 221 Å². The zero-order valence-electron chi connectivity index (χ0n) is 21.2. The first-order valence-electron chi connectivity index (χ1n) is 12.4. The number of nitrogens with zero attached hydrogens (tertiary/aromatic N) is 3. The van der Waals surface area contributed by atoms with Crippen molar-refractivity contribution in [1.29, 1.82) is 0 Å². The lowest BCUT2D eigenvalue weighted by molar-refractivity contribution is 0.185. The van der Waals surface area contributed by atoms with Crippen LogP contribution in [0.3, 0.4) is 0 Å². The molecule has 0 fully saturated rings. The Morgan fingerprint density at radius 1 is 0.921 bits per heavy atom. The highest BCUT2D eigenvalue weighted by Gasteiger charge is 2.27. The third-order valence-corrected chi connectivity index (χ3v) is 6.43. The number of methoxy groups -OCH3 is 1. The summed E-state index contributed by atoms with van der Waals surface area (Å²) in [6.07, 6.45) is 0. The third kappa shape index (κ3) is 5.13. The Morgan fingerprint density at radius 3 is 2.34 bits per heavy atom. The van der Waals surface area contributed by atoms with Gasteiger partial charge in [0.2, 0.25) is 0 Å². The molecule has 1 aromatic heterocycles. The first kappa shape index (κ1) is 24.8. The number of benzene rings is 4. The van der Waals surface area contributed by atoms with Crippen molar-refractivity contribution in [2.24, 2.45) is 0 Å². The van der Waals surface area contributed by atoms with E-state index in [0.717, 1.165) is 5.56 Å². The Balaban J connectivity index is 1.62. The number of hydrogen-bond donors (Lipinski definition) is 1. The van der Waals surface area contributed by atoms with Crippen molar-refractivity contribution < 1.29 is 9.53 Å². The molecule has 5 aromatic rings. The quantitative estimate of drug-likeness (QED) is 0.287. The van der Waals surface area contributed by atoms with Gasteiger partial charge in [0.05, 0.1) is 29.7 Å². The Bertz CT molecular complexity index is 1620. The maximum atomic E-state index is 13.8. The van der Waals surface area contributed by atoms with Crippen LogP contribution in [0.2, 0.25) is 0 Å². The minimum Gasteiger partial charge on any atom is -0.497 e. The monoisotopic (exact) mass is 504 g/mol. The first-order valence-corrected chi connectivity index (χ1v) is 12.4. The second kappa shape index (κ2) is 11.0. The summed E-state index contributed by atoms with van der Waals surface area (Å²) in [5.74, 6) is 1.11. The molecule has 0 spiro atoms. The van der Waals surface area contributed by atoms with Gasteiger partial charge in [0.1, 0.15) is 11.6 Å². The predicted molar refractivity (Wildman–Crippen MR) is 150 cm³/mol. The topological polar surface area (TPSA) is 76.5 Å². The lowest BCUT2D eigenvalue weighted by atomic mass is 10.1. The smallest absolute Gasteiger partial charge is 0.322 e. The van der Waals surface area contributed by atoms with Crippen LogP contribution in [0.1, 0.15) is 24.4 Å². The van der Waals surface area contributed by atoms with Gasteiger partial charge < -0.3 is 15.0 Å². The molecule has 38 heavy (non-hydrogen) atoms. The molecule has 0 saturated heterocycles. The summed E-state index contributed by atoms with van der Waals surface area (Å²) in [6.45, 7) is 2.21. The SMILES string of the molecule is COc1cccc(NC(=O)N(Cc2ccccc2)C(C)c2nc3ccccc3c(=O)n2-c2ccccc2)c1. The fraction of sp³-hybridized carbons (Fsp3) is 0.129. The van der Waals surface area contributed by atoms with E-state index in [1.165, 1.54) is 0 Å². The normalized spacial score (nSPS) is 11.6. The molecule has 1 atom stereocenters. The van der Waals surface area contributed by atoms with Crippen LogP contribution in [0.15, 0.2) is 114 Å². The maximum Gasteiger partial charge on any atom is 0.322 e. The molecule has 1 N–H and O–H groups in total. The highest BCUT2D eigenvalue weighted by atomic mass is 16.5. The number of carbonyl (C=O) groups is 1. The zero-order valence-corrected chi connectivity index (χ0v) is 21.2. The van der Waals surface area contributed by atoms with E-state index >= 15 is 0 Å². The number of hydrogen-bond acceptors (Lipinski definition) is 4. The van der Waals surface area contributed by atoms with Crippen LogP contribution in [0, 0.1) is 0 Å². The number of carbonyl (C=O) groups excluding carboxylic acids is 1. The van der Waals surface area contributed by atoms with Crippen LogP contribution in [-0.4, -0.2) is 27.6 Å². The molecule has 0 aliphatic carbocycles. The van der Waals surface area contributed by atoms with E-state index < -0.39 is 6.04 Å². The molecule has 0 saturated carbocycles. The van der Waals surface area contributed by atoms with Crippen molar-refractivity contribution in [2.45, 2.75) is 19.5 Å². The molecule has 4 aromatic carbocycles. The molecule has 0 radical (unpaired) electrons. The summed E-state index contributed by atoms with van der Waals surface area (Å²) in [6, 6.07) is 32.7. The van der Waals surface area contributed by atoms with Crippen LogP contribution < -0.4 is 15.6 Å². The molecule has 0 aliphatic heterocycles. The molecule has 2 amide bonds. The van der Waals surface area contributed by atoms with Gasteiger partial charge in [-0.15, -0.1) is 0 Å². The molecule has 1 heterocycles. The minimum atomic E-state index is -0.557. The average Bonchev–Trinajstić information content (AvgIpc) is 2.96. The van der Waals surface area contributed by atoms with E-state index in [1.807, 2.05) is 97.9 Å². The maximum absolute atomic E-state index is 13.8. The first-order chi connectivity index (χ1) is 18.5. The highest BCUT2D eigenvalue weighted by Crippen LogP contribution is 2.26. The summed E-state index contributed by atoms with van der Waals surface area (Å²) in [5, 5.41) is 3.51. The van der Waals surface area contributed by atoms with Gasteiger partial charge in [-0.1, -0.05) is 66.7 Å². The fourth-order valence-corrected chi connectivity index (χ4v) is 4.46. The van der Waals surface area contributed by atoms with Gasteiger partial charge in [-0.3, -0.25) is 9.36 Å². The van der Waals surface area contributed by atoms with E-state index in [9.17, 15) is 9.59 Å². The van der Waals surface area contributed by atoms with Gasteiger partial charge in [-0.25, -0.2) is 9.78 Å². The molecule has 0 bridgehead atoms. The molecular formula is C31H28N4O3. The number of anilines is 1. The summed E-state index contributed by atoms with van der Waals surface area (Å²) in [5.41, 5.74) is 2.64. The number of amides is 2. The van der Waals surface area contributed by atoms with Crippen molar-refractivity contribution in [2.75, 3.05) is 12.4 Å². The Morgan fingerprint density at radius 2 is 1.61 bits per heavy atom. The molecule has 0 aliphatic rings. The number of para-hydroxylation sites is 2. The van der Waals surface area contributed by atoms with Gasteiger partial charge in [0.15, 0.2) is 0 Å². The Kier molecular flexibility index (Phi) is 7.17. The van der Waals surface area contributed by atoms with Gasteiger partial charge in [-0.05, 0) is 48.9 Å². The van der Waals surface area contributed by atoms with E-state index in [0.29, 0.717) is 40.4 Å². The van der Waals surface area contributed by atoms with Crippen LogP contribution in [-0.2, 0) is 6.54 Å². The standard InChI is InChI=1S/C31H28N4O3/c1-22(29-33-28-19-10-9-18-27(28)30(36)35(29)25-15-7-4-8-16-25)34(21-23-12-5-3-6-13-23)31(37)32-24-14-11-17-26(20-24)38-2/h3-20,22H,21H2,1-2H3,(H,32,37). The second-order valence-corrected chi connectivity index (χ2v) is 8.91. The lowest BCUT2D eigenvalue weighted by Crippen LogP contribution is -2.39. The number of fused-ring (bicyclic) bond motifs is 1. The number of nitrogens with one attached hydrogen (secondary N) is 1. The predicted octanol–water partition coefficient (Wildman–Crippen LogP) is 6.19. The van der Waals surface area contributed by atoms with E-state index in [1.54, 1.807) is 34.8 Å². The molecule has 7 nitrogen and oxygen atoms in total. The summed E-state index contributed by atoms with van der Waals surface area (Å²) >= 11 is 0. The number of rotatable bonds is 7. The molecule has 190 valence electrons. The van der Waals surface area contributed by atoms with Crippen molar-refractivity contribution in [3.05, 3.63) is 131 Å². The van der Waals surface area contributed by atoms with Gasteiger partial charge in [-0.2, -0.15) is 0 Å². The minimum absolute atomic E-state index is 0.184. The Hall–Kier alpha value is -4.91. The lowest BCUT2D eigenvalue weighted by Gasteiger charge is -2.31. The molecule has 1 unspecified atom stereocenters. The molecular weight excluding hydrogens is 476 g/mol. The molecule has 5 rings (SSSR count). The van der Waals surface area contributed by atoms with Crippen LogP contribution >= 0.6 is 0 Å². The van der Waals surface area contributed by atoms with Crippen LogP contribution in [0.5, 0.6) is 5.75 Å². The van der Waals surface area contributed by atoms with Crippen molar-refractivity contribution >= 4 is 22.6 Å². The summed E-state index contributed by atoms with van der Waals surface area (Å²) in [7, 11) is 1.58. The van der Waals surface area contributed by atoms with Gasteiger partial charge in [0.25, 0.3) is 5.56 Å². The van der Waals surface area contributed by atoms with E-state index in [-0.39, 0.29) is 11.6 Å². The number of urea groups is 1. The van der Waals surface area contributed by atoms with Crippen molar-refractivity contribution in [3.8, 4) is 11.4 Å². The zero-order chi connectivity index (χ0) is 26.5. The largest absolute Gasteiger partial charge is 0.497 e. The van der Waals surface area contributed by atoms with Gasteiger partial charge in [0, 0.05) is 18.3 Å². The second-order valence-electron chi connectivity index (χ2n) is 8.91. The number of aromatic nitrogens is 2. The highest BCUT2D eigenvalue weighted by molar-refractivity contribution is 5.90. The van der Waals surface area contributed by atoms with Crippen molar-refractivity contribution in [3.63, 3.8) is 0 Å². The summed E-state index contributed by atoms with van der Waals surface area (Å²) < 4.78 is 6.92. The fourth-order valence-electron chi connectivity index (χ4n) is 4.46. The number of ether oxygens (including phenoxy) is 1. The third-order valence-electron chi connectivity index (χ3n) is 6.43. The molecule has 7 heteroatoms. The van der Waals surface area contributed by atoms with Crippen LogP contribution in [0.25, 0.3) is 16.6 Å². The summed E-state index contributed by atoms with van der Waals surface area (Å²) in [4.78, 5) is 34.1. The van der Waals surface area contributed by atoms with E-state index in [2.05, 4.69) is 5.32 Å².